The molecule has 2 unspecified atom stereocenters. The van der Waals surface area contributed by atoms with Crippen molar-refractivity contribution in [2.75, 3.05) is 0 Å². The molecule has 0 aliphatic heterocycles. The number of hydrogen-bond acceptors (Lipinski definition) is 6. The molecule has 0 bridgehead atoms. The zero-order valence-electron chi connectivity index (χ0n) is 12.4. The van der Waals surface area contributed by atoms with Crippen molar-refractivity contribution in [3.05, 3.63) is 30.1 Å². The van der Waals surface area contributed by atoms with Gasteiger partial charge in [-0.3, -0.25) is 4.98 Å². The van der Waals surface area contributed by atoms with Gasteiger partial charge in [0.15, 0.2) is 0 Å². The molecule has 4 N–H and O–H groups in total. The molecule has 20 heavy (non-hydrogen) atoms. The second-order valence-corrected chi connectivity index (χ2v) is 6.85. The van der Waals surface area contributed by atoms with E-state index < -0.39 is 24.8 Å². The zero-order valence-corrected chi connectivity index (χ0v) is 17.3. The first-order chi connectivity index (χ1) is 8.11. The minimum Gasteiger partial charge on any atom is -0.810 e. The van der Waals surface area contributed by atoms with Gasteiger partial charge in [0, 0.05) is 29.6 Å². The number of nitrogens with two attached hydrogens (primary N) is 2. The minimum absolute atomic E-state index is 0. The monoisotopic (exact) mass is 317 g/mol. The van der Waals surface area contributed by atoms with Crippen LogP contribution in [0.15, 0.2) is 24.5 Å². The van der Waals surface area contributed by atoms with Crippen molar-refractivity contribution in [1.82, 2.24) is 4.98 Å². The summed E-state index contributed by atoms with van der Waals surface area (Å²) in [5, 5.41) is 0. The molecule has 102 valence electrons. The fourth-order valence-electron chi connectivity index (χ4n) is 1.78. The molecule has 1 heterocycles. The number of rotatable bonds is 5. The van der Waals surface area contributed by atoms with Crippen LogP contribution in [-0.2, 0) is 4.57 Å². The molecule has 0 fully saturated rings. The summed E-state index contributed by atoms with van der Waals surface area (Å²) in [5.74, 6) is 0. The molecule has 9 heteroatoms. The molecule has 0 aromatic carbocycles. The zero-order chi connectivity index (χ0) is 14.0. The number of aromatic nitrogens is 1. The van der Waals surface area contributed by atoms with Crippen molar-refractivity contribution >= 4 is 7.60 Å². The van der Waals surface area contributed by atoms with Gasteiger partial charge in [-0.15, -0.1) is 0 Å². The summed E-state index contributed by atoms with van der Waals surface area (Å²) in [6.45, 7) is 3.32. The standard InChI is InChI=1S/C11H20N3O3P.2Na/c1-11(2,13)7-9(18(15,16)17)10(12)8-3-5-14-6-4-8;;/h3-6,9-10H,7,12-13H2,1-2H3,(H2,15,16,17);;/q;2*+1/p-2. The Bertz CT molecular complexity index is 436. The SMILES string of the molecule is CC(C)(N)CC(C(N)c1ccncc1)P(=O)([O-])[O-].[Na+].[Na+]. The molecule has 1 aromatic heterocycles. The summed E-state index contributed by atoms with van der Waals surface area (Å²) in [6, 6.07) is 2.30. The first-order valence-electron chi connectivity index (χ1n) is 5.57. The Morgan fingerprint density at radius 2 is 1.75 bits per heavy atom. The number of nitrogens with zero attached hydrogens (tertiary/aromatic N) is 1. The Balaban J connectivity index is 0. The average molecular weight is 317 g/mol. The first kappa shape index (κ1) is 23.5. The van der Waals surface area contributed by atoms with Gasteiger partial charge in [-0.2, -0.15) is 0 Å². The summed E-state index contributed by atoms with van der Waals surface area (Å²) < 4.78 is 11.3. The maximum atomic E-state index is 11.3. The van der Waals surface area contributed by atoms with Gasteiger partial charge in [0.05, 0.1) is 0 Å². The van der Waals surface area contributed by atoms with Gasteiger partial charge in [0.1, 0.15) is 0 Å². The van der Waals surface area contributed by atoms with Crippen molar-refractivity contribution in [2.45, 2.75) is 37.5 Å². The van der Waals surface area contributed by atoms with Gasteiger partial charge >= 0.3 is 59.1 Å². The molecular formula is C11H18N3Na2O3P. The van der Waals surface area contributed by atoms with Crippen molar-refractivity contribution in [3.8, 4) is 0 Å². The third kappa shape index (κ3) is 8.01. The second kappa shape index (κ2) is 9.38. The van der Waals surface area contributed by atoms with Gasteiger partial charge < -0.3 is 25.8 Å². The first-order valence-corrected chi connectivity index (χ1v) is 7.18. The van der Waals surface area contributed by atoms with Crippen molar-refractivity contribution in [1.29, 1.82) is 0 Å². The summed E-state index contributed by atoms with van der Waals surface area (Å²) in [6.07, 6.45) is 3.02. The predicted octanol–water partition coefficient (Wildman–Crippen LogP) is -6.50. The van der Waals surface area contributed by atoms with Gasteiger partial charge in [0.2, 0.25) is 0 Å². The molecule has 1 aromatic rings. The largest absolute Gasteiger partial charge is 1.00 e. The van der Waals surface area contributed by atoms with E-state index in [1.807, 2.05) is 0 Å². The van der Waals surface area contributed by atoms with Gasteiger partial charge in [-0.1, -0.05) is 7.60 Å². The summed E-state index contributed by atoms with van der Waals surface area (Å²) >= 11 is 0. The molecular weight excluding hydrogens is 299 g/mol. The second-order valence-electron chi connectivity index (χ2n) is 5.11. The Morgan fingerprint density at radius 1 is 1.30 bits per heavy atom. The predicted molar refractivity (Wildman–Crippen MR) is 65.4 cm³/mol. The van der Waals surface area contributed by atoms with E-state index >= 15 is 0 Å². The average Bonchev–Trinajstić information content (AvgIpc) is 2.24. The fourth-order valence-corrected chi connectivity index (χ4v) is 3.04. The fraction of sp³-hybridized carbons (Fsp3) is 0.545. The third-order valence-electron chi connectivity index (χ3n) is 2.65. The van der Waals surface area contributed by atoms with E-state index in [0.29, 0.717) is 5.56 Å². The maximum absolute atomic E-state index is 11.3. The minimum atomic E-state index is -4.82. The summed E-state index contributed by atoms with van der Waals surface area (Å²) in [5.41, 5.74) is 10.2. The van der Waals surface area contributed by atoms with Crippen LogP contribution in [0.5, 0.6) is 0 Å². The molecule has 0 aliphatic rings. The van der Waals surface area contributed by atoms with E-state index in [2.05, 4.69) is 4.98 Å². The van der Waals surface area contributed by atoms with Gasteiger partial charge in [0.25, 0.3) is 0 Å². The van der Waals surface area contributed by atoms with Crippen molar-refractivity contribution in [3.63, 3.8) is 0 Å². The van der Waals surface area contributed by atoms with Crippen LogP contribution < -0.4 is 80.4 Å². The van der Waals surface area contributed by atoms with Crippen LogP contribution in [0.1, 0.15) is 31.9 Å². The molecule has 0 saturated carbocycles. The Morgan fingerprint density at radius 3 is 2.10 bits per heavy atom. The van der Waals surface area contributed by atoms with E-state index in [1.165, 1.54) is 12.4 Å². The quantitative estimate of drug-likeness (QED) is 0.410. The number of pyridine rings is 1. The van der Waals surface area contributed by atoms with Crippen LogP contribution in [0.25, 0.3) is 0 Å². The Kier molecular flexibility index (Phi) is 11.0. The molecule has 6 nitrogen and oxygen atoms in total. The molecule has 0 aliphatic carbocycles. The van der Waals surface area contributed by atoms with Crippen LogP contribution in [0.3, 0.4) is 0 Å². The normalized spacial score (nSPS) is 14.7. The molecule has 0 saturated heterocycles. The van der Waals surface area contributed by atoms with Crippen LogP contribution in [0.2, 0.25) is 0 Å². The van der Waals surface area contributed by atoms with Gasteiger partial charge in [-0.05, 0) is 38.0 Å². The van der Waals surface area contributed by atoms with E-state index in [-0.39, 0.29) is 65.5 Å². The molecule has 0 amide bonds. The van der Waals surface area contributed by atoms with Gasteiger partial charge in [-0.25, -0.2) is 0 Å². The van der Waals surface area contributed by atoms with E-state index in [1.54, 1.807) is 26.0 Å². The summed E-state index contributed by atoms with van der Waals surface area (Å²) in [4.78, 5) is 26.5. The Labute approximate surface area is 163 Å². The molecule has 0 radical (unpaired) electrons. The topological polar surface area (TPSA) is 128 Å². The van der Waals surface area contributed by atoms with E-state index in [0.717, 1.165) is 0 Å². The molecule has 0 spiro atoms. The van der Waals surface area contributed by atoms with Crippen LogP contribution in [-0.4, -0.2) is 16.2 Å². The third-order valence-corrected chi connectivity index (χ3v) is 3.96. The number of hydrogen-bond donors (Lipinski definition) is 2. The maximum Gasteiger partial charge on any atom is 1.00 e. The van der Waals surface area contributed by atoms with Crippen LogP contribution in [0.4, 0.5) is 0 Å². The van der Waals surface area contributed by atoms with Crippen LogP contribution >= 0.6 is 7.60 Å². The molecule has 2 atom stereocenters. The van der Waals surface area contributed by atoms with Crippen molar-refractivity contribution in [2.24, 2.45) is 11.5 Å². The smallest absolute Gasteiger partial charge is 0.810 e. The van der Waals surface area contributed by atoms with E-state index in [9.17, 15) is 14.4 Å². The van der Waals surface area contributed by atoms with E-state index in [4.69, 9.17) is 11.5 Å². The molecule has 1 rings (SSSR count). The summed E-state index contributed by atoms with van der Waals surface area (Å²) in [7, 11) is -4.82. The van der Waals surface area contributed by atoms with Crippen molar-refractivity contribution < 1.29 is 73.5 Å². The Hall–Kier alpha value is 1.22. The van der Waals surface area contributed by atoms with Crippen LogP contribution in [0, 0.1) is 0 Å².